The van der Waals surface area contributed by atoms with Crippen LogP contribution in [0, 0.1) is 23.3 Å². The van der Waals surface area contributed by atoms with Crippen molar-refractivity contribution in [1.29, 1.82) is 0 Å². The molecule has 0 saturated carbocycles. The van der Waals surface area contributed by atoms with Gasteiger partial charge in [-0.25, -0.2) is 26.0 Å². The summed E-state index contributed by atoms with van der Waals surface area (Å²) in [5, 5.41) is 0. The molecule has 0 unspecified atom stereocenters. The molecule has 138 valence electrons. The van der Waals surface area contributed by atoms with Gasteiger partial charge in [0.15, 0.2) is 23.3 Å². The van der Waals surface area contributed by atoms with Crippen molar-refractivity contribution in [1.82, 2.24) is 0 Å². The summed E-state index contributed by atoms with van der Waals surface area (Å²) >= 11 is 0. The van der Waals surface area contributed by atoms with Crippen LogP contribution in [-0.2, 0) is 16.2 Å². The standard InChI is InChI=1S/C14H4F7NO3S/c15-8-7(14(19,20)21)9(16)11(18)12(10(8)17)22-13(23)5-3-1-2-4-6(5)26(22,24)25/h1-4H. The van der Waals surface area contributed by atoms with Crippen molar-refractivity contribution >= 4 is 21.6 Å². The largest absolute Gasteiger partial charge is 0.422 e. The van der Waals surface area contributed by atoms with Crippen molar-refractivity contribution in [2.24, 2.45) is 0 Å². The van der Waals surface area contributed by atoms with Gasteiger partial charge in [-0.1, -0.05) is 12.1 Å². The number of sulfonamides is 1. The van der Waals surface area contributed by atoms with Crippen LogP contribution in [0.2, 0.25) is 0 Å². The third-order valence-electron chi connectivity index (χ3n) is 3.55. The first kappa shape index (κ1) is 18.2. The number of hydrogen-bond donors (Lipinski definition) is 0. The minimum Gasteiger partial charge on any atom is -0.268 e. The lowest BCUT2D eigenvalue weighted by molar-refractivity contribution is -0.143. The molecule has 2 aromatic carbocycles. The summed E-state index contributed by atoms with van der Waals surface area (Å²) in [4.78, 5) is 11.4. The number of carbonyl (C=O) groups is 1. The Morgan fingerprint density at radius 2 is 1.35 bits per heavy atom. The lowest BCUT2D eigenvalue weighted by Gasteiger charge is -2.19. The minimum absolute atomic E-state index is 0.563. The number of alkyl halides is 3. The number of halogens is 7. The van der Waals surface area contributed by atoms with Gasteiger partial charge in [-0.15, -0.1) is 0 Å². The molecule has 0 atom stereocenters. The number of hydrogen-bond acceptors (Lipinski definition) is 3. The van der Waals surface area contributed by atoms with Crippen LogP contribution in [0.15, 0.2) is 29.2 Å². The molecule has 0 aromatic heterocycles. The summed E-state index contributed by atoms with van der Waals surface area (Å²) < 4.78 is 117. The molecule has 0 saturated heterocycles. The molecule has 1 amide bonds. The molecule has 1 aliphatic heterocycles. The van der Waals surface area contributed by atoms with Gasteiger partial charge >= 0.3 is 6.18 Å². The molecular formula is C14H4F7NO3S. The average Bonchev–Trinajstić information content (AvgIpc) is 2.73. The average molecular weight is 399 g/mol. The van der Waals surface area contributed by atoms with E-state index in [0.29, 0.717) is 0 Å². The van der Waals surface area contributed by atoms with Crippen molar-refractivity contribution in [2.75, 3.05) is 4.31 Å². The molecule has 1 aliphatic rings. The summed E-state index contributed by atoms with van der Waals surface area (Å²) in [6.07, 6.45) is -5.80. The molecule has 0 N–H and O–H groups in total. The van der Waals surface area contributed by atoms with E-state index in [1.165, 1.54) is 6.07 Å². The van der Waals surface area contributed by atoms with Gasteiger partial charge in [0, 0.05) is 0 Å². The molecule has 0 aliphatic carbocycles. The van der Waals surface area contributed by atoms with Crippen molar-refractivity contribution in [2.45, 2.75) is 11.1 Å². The summed E-state index contributed by atoms with van der Waals surface area (Å²) in [6.45, 7) is 0. The Kier molecular flexibility index (Phi) is 3.80. The van der Waals surface area contributed by atoms with Crippen LogP contribution in [0.3, 0.4) is 0 Å². The highest BCUT2D eigenvalue weighted by Crippen LogP contribution is 2.43. The van der Waals surface area contributed by atoms with E-state index in [4.69, 9.17) is 0 Å². The monoisotopic (exact) mass is 399 g/mol. The van der Waals surface area contributed by atoms with E-state index in [9.17, 15) is 43.9 Å². The molecule has 0 bridgehead atoms. The minimum atomic E-state index is -5.80. The van der Waals surface area contributed by atoms with Crippen LogP contribution in [0.5, 0.6) is 0 Å². The molecule has 4 nitrogen and oxygen atoms in total. The first-order chi connectivity index (χ1) is 11.9. The summed E-state index contributed by atoms with van der Waals surface area (Å²) in [6, 6.07) is 4.21. The zero-order chi connectivity index (χ0) is 19.6. The van der Waals surface area contributed by atoms with Gasteiger partial charge in [0.1, 0.15) is 16.1 Å². The molecule has 0 fully saturated rings. The molecule has 0 spiro atoms. The van der Waals surface area contributed by atoms with E-state index < -0.39 is 71.4 Å². The van der Waals surface area contributed by atoms with Gasteiger partial charge in [0.05, 0.1) is 5.56 Å². The van der Waals surface area contributed by atoms with Gasteiger partial charge < -0.3 is 0 Å². The van der Waals surface area contributed by atoms with Crippen molar-refractivity contribution in [3.05, 3.63) is 58.7 Å². The molecule has 12 heteroatoms. The smallest absolute Gasteiger partial charge is 0.268 e. The number of carbonyl (C=O) groups excluding carboxylic acids is 1. The molecule has 2 aromatic rings. The predicted octanol–water partition coefficient (Wildman–Crippen LogP) is 3.61. The Labute approximate surface area is 140 Å². The Balaban J connectivity index is 2.36. The third kappa shape index (κ3) is 2.28. The van der Waals surface area contributed by atoms with Crippen LogP contribution in [-0.4, -0.2) is 14.3 Å². The maximum atomic E-state index is 14.1. The maximum Gasteiger partial charge on any atom is 0.422 e. The first-order valence-electron chi connectivity index (χ1n) is 6.52. The second-order valence-corrected chi connectivity index (χ2v) is 6.80. The fraction of sp³-hybridized carbons (Fsp3) is 0.0714. The van der Waals surface area contributed by atoms with Crippen LogP contribution in [0.1, 0.15) is 15.9 Å². The maximum absolute atomic E-state index is 14.1. The highest BCUT2D eigenvalue weighted by Gasteiger charge is 2.49. The normalized spacial score (nSPS) is 16.1. The molecular weight excluding hydrogens is 395 g/mol. The zero-order valence-electron chi connectivity index (χ0n) is 12.0. The van der Waals surface area contributed by atoms with E-state index >= 15 is 0 Å². The lowest BCUT2D eigenvalue weighted by Crippen LogP contribution is -2.33. The van der Waals surface area contributed by atoms with E-state index in [0.717, 1.165) is 18.2 Å². The van der Waals surface area contributed by atoms with Gasteiger partial charge in [-0.2, -0.15) is 17.5 Å². The van der Waals surface area contributed by atoms with E-state index in [1.54, 1.807) is 0 Å². The van der Waals surface area contributed by atoms with Crippen LogP contribution < -0.4 is 4.31 Å². The Bertz CT molecular complexity index is 1030. The van der Waals surface area contributed by atoms with Crippen molar-refractivity contribution < 1.29 is 43.9 Å². The number of benzene rings is 2. The van der Waals surface area contributed by atoms with Crippen LogP contribution in [0.4, 0.5) is 36.4 Å². The van der Waals surface area contributed by atoms with E-state index in [2.05, 4.69) is 0 Å². The van der Waals surface area contributed by atoms with Gasteiger partial charge in [0.25, 0.3) is 15.9 Å². The van der Waals surface area contributed by atoms with Crippen LogP contribution >= 0.6 is 0 Å². The highest BCUT2D eigenvalue weighted by molar-refractivity contribution is 7.94. The van der Waals surface area contributed by atoms with Crippen molar-refractivity contribution in [3.8, 4) is 0 Å². The Hall–Kier alpha value is -2.63. The lowest BCUT2D eigenvalue weighted by atomic mass is 10.1. The Morgan fingerprint density at radius 3 is 1.81 bits per heavy atom. The number of nitrogens with zero attached hydrogens (tertiary/aromatic N) is 1. The van der Waals surface area contributed by atoms with Gasteiger partial charge in [0.2, 0.25) is 0 Å². The molecule has 3 rings (SSSR count). The van der Waals surface area contributed by atoms with Gasteiger partial charge in [-0.3, -0.25) is 4.79 Å². The fourth-order valence-corrected chi connectivity index (χ4v) is 4.05. The quantitative estimate of drug-likeness (QED) is 0.544. The number of amides is 1. The number of anilines is 1. The highest BCUT2D eigenvalue weighted by atomic mass is 32.2. The first-order valence-corrected chi connectivity index (χ1v) is 7.96. The SMILES string of the molecule is O=C1c2ccccc2S(=O)(=O)N1c1c(F)c(F)c(C(F)(F)F)c(F)c1F. The predicted molar refractivity (Wildman–Crippen MR) is 71.7 cm³/mol. The second kappa shape index (κ2) is 5.43. The van der Waals surface area contributed by atoms with Crippen LogP contribution in [0.25, 0.3) is 0 Å². The number of rotatable bonds is 1. The van der Waals surface area contributed by atoms with Gasteiger partial charge in [-0.05, 0) is 12.1 Å². The van der Waals surface area contributed by atoms with Crippen molar-refractivity contribution in [3.63, 3.8) is 0 Å². The number of fused-ring (bicyclic) bond motifs is 1. The molecule has 1 heterocycles. The van der Waals surface area contributed by atoms with E-state index in [1.807, 2.05) is 0 Å². The Morgan fingerprint density at radius 1 is 0.846 bits per heavy atom. The molecule has 0 radical (unpaired) electrons. The molecule has 26 heavy (non-hydrogen) atoms. The second-order valence-electron chi connectivity index (χ2n) is 5.05. The zero-order valence-corrected chi connectivity index (χ0v) is 12.9. The summed E-state index contributed by atoms with van der Waals surface area (Å²) in [5.74, 6) is -12.6. The van der Waals surface area contributed by atoms with E-state index in [-0.39, 0.29) is 0 Å². The summed E-state index contributed by atoms with van der Waals surface area (Å²) in [7, 11) is -4.99. The third-order valence-corrected chi connectivity index (χ3v) is 5.29. The fourth-order valence-electron chi connectivity index (χ4n) is 2.45. The topological polar surface area (TPSA) is 54.5 Å². The summed E-state index contributed by atoms with van der Waals surface area (Å²) in [5.41, 5.74) is -5.53.